The first-order chi connectivity index (χ1) is 13.0. The first-order valence-corrected chi connectivity index (χ1v) is 9.29. The number of anilines is 1. The van der Waals surface area contributed by atoms with Gasteiger partial charge < -0.3 is 5.32 Å². The molecule has 2 aliphatic heterocycles. The Morgan fingerprint density at radius 1 is 1.19 bits per heavy atom. The molecule has 6 nitrogen and oxygen atoms in total. The predicted molar refractivity (Wildman–Crippen MR) is 104 cm³/mol. The Hall–Kier alpha value is -3.00. The summed E-state index contributed by atoms with van der Waals surface area (Å²) in [6, 6.07) is 12.6. The molecule has 0 aromatic heterocycles. The molecule has 2 aromatic carbocycles. The van der Waals surface area contributed by atoms with Crippen LogP contribution in [0.1, 0.15) is 12.5 Å². The second-order valence-corrected chi connectivity index (χ2v) is 7.02. The maximum Gasteiger partial charge on any atom is 0.270 e. The molecule has 0 spiro atoms. The van der Waals surface area contributed by atoms with Gasteiger partial charge in [-0.25, -0.2) is 9.38 Å². The van der Waals surface area contributed by atoms with Gasteiger partial charge in [0, 0.05) is 11.3 Å². The first-order valence-electron chi connectivity index (χ1n) is 8.31. The molecule has 0 saturated heterocycles. The highest BCUT2D eigenvalue weighted by atomic mass is 32.2. The zero-order valence-corrected chi connectivity index (χ0v) is 15.2. The van der Waals surface area contributed by atoms with Crippen LogP contribution >= 0.6 is 11.8 Å². The van der Waals surface area contributed by atoms with Gasteiger partial charge in [0.25, 0.3) is 5.91 Å². The normalized spacial score (nSPS) is 17.8. The number of fused-ring (bicyclic) bond motifs is 3. The Morgan fingerprint density at radius 3 is 2.70 bits per heavy atom. The number of hydrogen-bond donors (Lipinski definition) is 1. The Bertz CT molecular complexity index is 987. The number of amides is 2. The van der Waals surface area contributed by atoms with Crippen molar-refractivity contribution < 1.29 is 14.0 Å². The van der Waals surface area contributed by atoms with E-state index >= 15 is 0 Å². The summed E-state index contributed by atoms with van der Waals surface area (Å²) in [5.74, 6) is -0.171. The van der Waals surface area contributed by atoms with Gasteiger partial charge in [0.15, 0.2) is 5.17 Å². The zero-order chi connectivity index (χ0) is 19.0. The lowest BCUT2D eigenvalue weighted by Gasteiger charge is -2.29. The molecule has 8 heteroatoms. The number of rotatable bonds is 3. The van der Waals surface area contributed by atoms with Gasteiger partial charge in [0.1, 0.15) is 17.7 Å². The second-order valence-electron chi connectivity index (χ2n) is 6.07. The van der Waals surface area contributed by atoms with E-state index < -0.39 is 6.04 Å². The fourth-order valence-corrected chi connectivity index (χ4v) is 3.75. The molecular weight excluding hydrogens is 367 g/mol. The minimum atomic E-state index is -0.459. The van der Waals surface area contributed by atoms with Crippen molar-refractivity contribution >= 4 is 46.0 Å². The van der Waals surface area contributed by atoms with Crippen LogP contribution in [0.2, 0.25) is 0 Å². The lowest BCUT2D eigenvalue weighted by Crippen LogP contribution is -2.42. The van der Waals surface area contributed by atoms with E-state index in [4.69, 9.17) is 0 Å². The number of carbonyl (C=O) groups excluding carboxylic acids is 2. The molecule has 4 rings (SSSR count). The van der Waals surface area contributed by atoms with E-state index in [0.717, 1.165) is 11.3 Å². The average Bonchev–Trinajstić information content (AvgIpc) is 2.97. The van der Waals surface area contributed by atoms with E-state index in [0.29, 0.717) is 16.7 Å². The number of nitrogens with one attached hydrogen (secondary N) is 1. The number of carbonyl (C=O) groups is 2. The maximum absolute atomic E-state index is 13.0. The Balaban J connectivity index is 1.52. The van der Waals surface area contributed by atoms with E-state index in [1.807, 2.05) is 24.3 Å². The summed E-state index contributed by atoms with van der Waals surface area (Å²) in [6.45, 7) is 1.77. The van der Waals surface area contributed by atoms with E-state index in [9.17, 15) is 14.0 Å². The second kappa shape index (κ2) is 6.96. The highest BCUT2D eigenvalue weighted by molar-refractivity contribution is 8.14. The number of halogens is 1. The Kier molecular flexibility index (Phi) is 4.49. The van der Waals surface area contributed by atoms with Crippen LogP contribution in [0.15, 0.2) is 58.5 Å². The minimum Gasteiger partial charge on any atom is -0.325 e. The molecule has 136 valence electrons. The highest BCUT2D eigenvalue weighted by Gasteiger charge is 2.39. The summed E-state index contributed by atoms with van der Waals surface area (Å²) in [5.41, 5.74) is 2.04. The van der Waals surface area contributed by atoms with Gasteiger partial charge >= 0.3 is 0 Å². The molecule has 27 heavy (non-hydrogen) atoms. The third-order valence-electron chi connectivity index (χ3n) is 4.22. The zero-order valence-electron chi connectivity index (χ0n) is 14.3. The number of para-hydroxylation sites is 1. The van der Waals surface area contributed by atoms with Gasteiger partial charge in [-0.1, -0.05) is 23.9 Å². The Labute approximate surface area is 159 Å². The average molecular weight is 382 g/mol. The summed E-state index contributed by atoms with van der Waals surface area (Å²) in [4.78, 5) is 34.9. The van der Waals surface area contributed by atoms with Crippen molar-refractivity contribution in [2.45, 2.75) is 13.0 Å². The summed E-state index contributed by atoms with van der Waals surface area (Å²) in [5, 5.41) is 3.27. The molecule has 2 aromatic rings. The third kappa shape index (κ3) is 3.35. The molecule has 0 fully saturated rings. The summed E-state index contributed by atoms with van der Waals surface area (Å²) >= 11 is 1.23. The van der Waals surface area contributed by atoms with Crippen molar-refractivity contribution in [1.82, 2.24) is 4.90 Å². The molecule has 1 unspecified atom stereocenters. The molecule has 0 aliphatic carbocycles. The summed E-state index contributed by atoms with van der Waals surface area (Å²) in [7, 11) is 0. The molecular formula is C19H15FN4O2S. The van der Waals surface area contributed by atoms with Gasteiger partial charge in [0.05, 0.1) is 11.4 Å². The molecule has 2 amide bonds. The number of amidine groups is 2. The standard InChI is InChI=1S/C19H15FN4O2S/c1-11-18(26)23-17-14-4-2-3-5-15(14)22-19(24(11)17)27-10-16(25)21-13-8-6-12(20)7-9-13/h2-9,11H,10H2,1H3,(H,21,25). The van der Waals surface area contributed by atoms with E-state index in [1.165, 1.54) is 36.0 Å². The number of thioether (sulfide) groups is 1. The van der Waals surface area contributed by atoms with E-state index in [1.54, 1.807) is 11.8 Å². The van der Waals surface area contributed by atoms with Crippen molar-refractivity contribution in [3.8, 4) is 0 Å². The predicted octanol–water partition coefficient (Wildman–Crippen LogP) is 3.18. The van der Waals surface area contributed by atoms with Gasteiger partial charge in [-0.3, -0.25) is 14.5 Å². The van der Waals surface area contributed by atoms with Crippen LogP contribution in [0.3, 0.4) is 0 Å². The number of nitrogens with zero attached hydrogens (tertiary/aromatic N) is 3. The lowest BCUT2D eigenvalue weighted by molar-refractivity contribution is -0.119. The van der Waals surface area contributed by atoms with E-state index in [2.05, 4.69) is 15.3 Å². The van der Waals surface area contributed by atoms with Crippen molar-refractivity contribution in [2.24, 2.45) is 9.98 Å². The molecule has 0 radical (unpaired) electrons. The van der Waals surface area contributed by atoms with Crippen molar-refractivity contribution in [3.05, 3.63) is 59.9 Å². The van der Waals surface area contributed by atoms with Gasteiger partial charge in [0.2, 0.25) is 5.91 Å². The van der Waals surface area contributed by atoms with Gasteiger partial charge in [-0.15, -0.1) is 0 Å². The molecule has 1 N–H and O–H groups in total. The quantitative estimate of drug-likeness (QED) is 0.885. The number of aliphatic imine (C=N–C) groups is 2. The Morgan fingerprint density at radius 2 is 1.93 bits per heavy atom. The fourth-order valence-electron chi connectivity index (χ4n) is 2.87. The third-order valence-corrected chi connectivity index (χ3v) is 5.17. The summed E-state index contributed by atoms with van der Waals surface area (Å²) in [6.07, 6.45) is 0. The van der Waals surface area contributed by atoms with Crippen LogP contribution < -0.4 is 5.32 Å². The van der Waals surface area contributed by atoms with Crippen LogP contribution in [0.4, 0.5) is 15.8 Å². The monoisotopic (exact) mass is 382 g/mol. The largest absolute Gasteiger partial charge is 0.325 e. The van der Waals surface area contributed by atoms with Crippen LogP contribution in [0, 0.1) is 5.82 Å². The maximum atomic E-state index is 13.0. The SMILES string of the molecule is CC1C(=O)N=C2c3ccccc3N=C(SCC(=O)Nc3ccc(F)cc3)N21. The van der Waals surface area contributed by atoms with Crippen molar-refractivity contribution in [1.29, 1.82) is 0 Å². The number of hydrogen-bond acceptors (Lipinski definition) is 5. The van der Waals surface area contributed by atoms with Crippen LogP contribution in [0.5, 0.6) is 0 Å². The molecule has 0 saturated carbocycles. The van der Waals surface area contributed by atoms with Gasteiger partial charge in [-0.2, -0.15) is 4.99 Å². The highest BCUT2D eigenvalue weighted by Crippen LogP contribution is 2.33. The molecule has 2 heterocycles. The molecule has 2 aliphatic rings. The lowest BCUT2D eigenvalue weighted by atomic mass is 10.1. The van der Waals surface area contributed by atoms with Gasteiger partial charge in [-0.05, 0) is 43.3 Å². The summed E-state index contributed by atoms with van der Waals surface area (Å²) < 4.78 is 13.0. The van der Waals surface area contributed by atoms with Crippen LogP contribution in [-0.4, -0.2) is 39.5 Å². The smallest absolute Gasteiger partial charge is 0.270 e. The van der Waals surface area contributed by atoms with Crippen LogP contribution in [-0.2, 0) is 9.59 Å². The fraction of sp³-hybridized carbons (Fsp3) is 0.158. The van der Waals surface area contributed by atoms with Crippen molar-refractivity contribution in [2.75, 3.05) is 11.1 Å². The first kappa shape index (κ1) is 17.4. The topological polar surface area (TPSA) is 74.1 Å². The molecule has 0 bridgehead atoms. The molecule has 1 atom stereocenters. The van der Waals surface area contributed by atoms with Crippen LogP contribution in [0.25, 0.3) is 0 Å². The number of benzene rings is 2. The van der Waals surface area contributed by atoms with E-state index in [-0.39, 0.29) is 23.4 Å². The minimum absolute atomic E-state index is 0.100. The van der Waals surface area contributed by atoms with Crippen molar-refractivity contribution in [3.63, 3.8) is 0 Å².